The monoisotopic (exact) mass is 614 g/mol. The summed E-state index contributed by atoms with van der Waals surface area (Å²) in [6.07, 6.45) is 2.27. The van der Waals surface area contributed by atoms with E-state index < -0.39 is 56.5 Å². The van der Waals surface area contributed by atoms with E-state index in [4.69, 9.17) is 0 Å². The van der Waals surface area contributed by atoms with Crippen molar-refractivity contribution < 1.29 is 30.6 Å². The van der Waals surface area contributed by atoms with Crippen LogP contribution in [0.4, 0.5) is 0 Å². The number of phenolic OH excluding ortho intramolecular Hbond substituents is 6. The minimum Gasteiger partial charge on any atom is -0.507 e. The van der Waals surface area contributed by atoms with Crippen LogP contribution in [-0.2, 0) is 0 Å². The maximum atomic E-state index is 14.1. The highest BCUT2D eigenvalue weighted by Crippen LogP contribution is 2.53. The van der Waals surface area contributed by atoms with Crippen LogP contribution in [-0.4, -0.2) is 51.0 Å². The van der Waals surface area contributed by atoms with Crippen molar-refractivity contribution >= 4 is 86.2 Å². The summed E-state index contributed by atoms with van der Waals surface area (Å²) in [5.74, 6) is -3.89. The van der Waals surface area contributed by atoms with Crippen LogP contribution in [0.25, 0.3) is 86.2 Å². The van der Waals surface area contributed by atoms with Gasteiger partial charge in [-0.05, 0) is 33.7 Å². The number of H-pyrrole nitrogens is 2. The van der Waals surface area contributed by atoms with Gasteiger partial charge in [-0.15, -0.1) is 0 Å². The lowest BCUT2D eigenvalue weighted by atomic mass is 9.82. The number of hydrogen-bond donors (Lipinski definition) is 8. The van der Waals surface area contributed by atoms with Crippen molar-refractivity contribution in [3.8, 4) is 34.5 Å². The van der Waals surface area contributed by atoms with Gasteiger partial charge in [0.05, 0.1) is 44.7 Å². The molecule has 0 unspecified atom stereocenters. The van der Waals surface area contributed by atoms with Gasteiger partial charge in [-0.3, -0.25) is 19.2 Å². The largest absolute Gasteiger partial charge is 0.507 e. The van der Waals surface area contributed by atoms with Crippen LogP contribution < -0.4 is 22.0 Å². The summed E-state index contributed by atoms with van der Waals surface area (Å²) in [5, 5.41) is 76.8. The summed E-state index contributed by atoms with van der Waals surface area (Å²) >= 11 is 0. The van der Waals surface area contributed by atoms with Crippen molar-refractivity contribution in [2.24, 2.45) is 0 Å². The Morgan fingerprint density at radius 3 is 1.15 bits per heavy atom. The number of rotatable bonds is 0. The van der Waals surface area contributed by atoms with E-state index in [1.807, 2.05) is 0 Å². The molecule has 0 fully saturated rings. The van der Waals surface area contributed by atoms with E-state index in [0.717, 1.165) is 24.5 Å². The number of aromatic hydroxyl groups is 6. The summed E-state index contributed by atoms with van der Waals surface area (Å²) in [5.41, 5.74) is -3.25. The normalized spacial score (nSPS) is 12.3. The molecule has 0 aliphatic carbocycles. The summed E-state index contributed by atoms with van der Waals surface area (Å²) in [6.45, 7) is 0. The first-order chi connectivity index (χ1) is 22.0. The summed E-state index contributed by atoms with van der Waals surface area (Å²) in [4.78, 5) is 54.1. The lowest BCUT2D eigenvalue weighted by Gasteiger charge is -2.21. The fourth-order valence-electron chi connectivity index (χ4n) is 7.11. The maximum Gasteiger partial charge on any atom is 0.272 e. The Morgan fingerprint density at radius 2 is 0.761 bits per heavy atom. The van der Waals surface area contributed by atoms with Crippen molar-refractivity contribution in [2.45, 2.75) is 0 Å². The molecule has 0 amide bonds. The number of phenols is 6. The van der Waals surface area contributed by atoms with Crippen LogP contribution in [0.3, 0.4) is 0 Å². The third kappa shape index (κ3) is 2.72. The molecule has 0 atom stereocenters. The quantitative estimate of drug-likeness (QED) is 0.0907. The number of aromatic nitrogens is 4. The number of hydrogen-bond acceptors (Lipinski definition) is 12. The van der Waals surface area contributed by atoms with Gasteiger partial charge in [0.25, 0.3) is 11.1 Å². The zero-order valence-corrected chi connectivity index (χ0v) is 22.7. The van der Waals surface area contributed by atoms with E-state index in [0.29, 0.717) is 0 Å². The molecule has 2 heterocycles. The molecular formula is C32H14N4O10. The first-order valence-electron chi connectivity index (χ1n) is 13.5. The molecule has 0 aliphatic rings. The Kier molecular flexibility index (Phi) is 4.41. The summed E-state index contributed by atoms with van der Waals surface area (Å²) in [6, 6.07) is 4.32. The second-order valence-corrected chi connectivity index (χ2v) is 11.1. The van der Waals surface area contributed by atoms with E-state index in [9.17, 15) is 49.8 Å². The fraction of sp³-hybridized carbons (Fsp3) is 0. The van der Waals surface area contributed by atoms with E-state index in [2.05, 4.69) is 20.4 Å². The van der Waals surface area contributed by atoms with Crippen molar-refractivity contribution in [2.75, 3.05) is 0 Å². The lowest BCUT2D eigenvalue weighted by Crippen LogP contribution is -2.11. The Morgan fingerprint density at radius 1 is 0.391 bits per heavy atom. The van der Waals surface area contributed by atoms with Gasteiger partial charge >= 0.3 is 0 Å². The zero-order valence-electron chi connectivity index (χ0n) is 22.7. The maximum absolute atomic E-state index is 14.1. The molecule has 14 nitrogen and oxygen atoms in total. The van der Waals surface area contributed by atoms with Gasteiger partial charge in [0.15, 0.2) is 0 Å². The van der Waals surface area contributed by atoms with E-state index in [1.54, 1.807) is 0 Å². The third-order valence-corrected chi connectivity index (χ3v) is 8.91. The Labute approximate surface area is 249 Å². The molecule has 14 heteroatoms. The van der Waals surface area contributed by atoms with Crippen LogP contribution in [0.15, 0.2) is 55.8 Å². The van der Waals surface area contributed by atoms with Gasteiger partial charge in [0.2, 0.25) is 10.9 Å². The average Bonchev–Trinajstić information content (AvgIpc) is 3.00. The number of aromatic amines is 2. The molecule has 7 aromatic carbocycles. The molecule has 9 aromatic rings. The Balaban J connectivity index is 1.83. The second-order valence-electron chi connectivity index (χ2n) is 11.1. The molecule has 2 aromatic heterocycles. The average molecular weight is 614 g/mol. The fourth-order valence-corrected chi connectivity index (χ4v) is 7.11. The van der Waals surface area contributed by atoms with E-state index >= 15 is 0 Å². The van der Waals surface area contributed by atoms with Crippen molar-refractivity contribution in [1.82, 2.24) is 20.4 Å². The van der Waals surface area contributed by atoms with Crippen molar-refractivity contribution in [1.29, 1.82) is 0 Å². The van der Waals surface area contributed by atoms with Gasteiger partial charge in [-0.1, -0.05) is 0 Å². The molecule has 0 bridgehead atoms. The molecule has 46 heavy (non-hydrogen) atoms. The van der Waals surface area contributed by atoms with Gasteiger partial charge in [0, 0.05) is 44.5 Å². The standard InChI is InChI=1S/C32H14N4O10/c37-13-3-15(39)23-25-17(9-1-7-11(5-33-35-31(7)45)27(41)19(9)29(23)43)18-10-2-8-12(6-34-36-32(8)46)28(42)20(10)30(44)24-16(40)4-14(38)22(21(13)25)26(18)24/h1-6,37-42H,(H,35,45)(H,36,46). The number of benzene rings is 7. The molecule has 0 spiro atoms. The van der Waals surface area contributed by atoms with Crippen molar-refractivity contribution in [3.05, 3.63) is 77.8 Å². The summed E-state index contributed by atoms with van der Waals surface area (Å²) in [7, 11) is 0. The van der Waals surface area contributed by atoms with Gasteiger partial charge in [-0.25, -0.2) is 10.2 Å². The zero-order chi connectivity index (χ0) is 32.1. The van der Waals surface area contributed by atoms with Crippen LogP contribution in [0.2, 0.25) is 0 Å². The highest BCUT2D eigenvalue weighted by molar-refractivity contribution is 6.45. The highest BCUT2D eigenvalue weighted by Gasteiger charge is 2.30. The van der Waals surface area contributed by atoms with Crippen LogP contribution in [0.5, 0.6) is 34.5 Å². The van der Waals surface area contributed by atoms with E-state index in [-0.39, 0.29) is 86.2 Å². The predicted molar refractivity (Wildman–Crippen MR) is 168 cm³/mol. The van der Waals surface area contributed by atoms with Gasteiger partial charge in [0.1, 0.15) is 34.5 Å². The topological polar surface area (TPSA) is 247 Å². The minimum atomic E-state index is -0.897. The van der Waals surface area contributed by atoms with Crippen LogP contribution >= 0.6 is 0 Å². The first kappa shape index (κ1) is 25.5. The Hall–Kier alpha value is -6.96. The molecule has 0 radical (unpaired) electrons. The number of nitrogens with one attached hydrogen (secondary N) is 2. The molecule has 0 saturated carbocycles. The molecule has 0 aliphatic heterocycles. The first-order valence-corrected chi connectivity index (χ1v) is 13.5. The van der Waals surface area contributed by atoms with Crippen LogP contribution in [0.1, 0.15) is 0 Å². The highest BCUT2D eigenvalue weighted by atomic mass is 16.3. The van der Waals surface area contributed by atoms with E-state index in [1.165, 1.54) is 12.1 Å². The third-order valence-electron chi connectivity index (χ3n) is 8.91. The Bertz CT molecular complexity index is 2970. The number of nitrogens with zero attached hydrogens (tertiary/aromatic N) is 2. The molecule has 222 valence electrons. The second kappa shape index (κ2) is 7.95. The minimum absolute atomic E-state index is 0.0176. The lowest BCUT2D eigenvalue weighted by molar-refractivity contribution is 0.455. The molecule has 8 N–H and O–H groups in total. The number of fused-ring (bicyclic) bond motifs is 8. The smallest absolute Gasteiger partial charge is 0.272 e. The molecule has 9 rings (SSSR count). The molecule has 0 saturated heterocycles. The molecular weight excluding hydrogens is 600 g/mol. The SMILES string of the molecule is O=c1[nH]ncc2c(O)c3c(=O)c4c(O)cc(O)c5c6c(O)cc(O)c7c(=O)c8c(O)c9cn[nH]c(=O)c9cc8c(c76)c(c3cc12)c45. The van der Waals surface area contributed by atoms with Crippen molar-refractivity contribution in [3.63, 3.8) is 0 Å². The predicted octanol–water partition coefficient (Wildman–Crippen LogP) is 2.91. The van der Waals surface area contributed by atoms with Crippen LogP contribution in [0, 0.1) is 0 Å². The van der Waals surface area contributed by atoms with Gasteiger partial charge in [-0.2, -0.15) is 10.2 Å². The summed E-state index contributed by atoms with van der Waals surface area (Å²) < 4.78 is 0. The van der Waals surface area contributed by atoms with Gasteiger partial charge < -0.3 is 30.6 Å².